The van der Waals surface area contributed by atoms with Crippen LogP contribution in [0.2, 0.25) is 0 Å². The lowest BCUT2D eigenvalue weighted by Crippen LogP contribution is -2.26. The maximum absolute atomic E-state index is 11.4. The van der Waals surface area contributed by atoms with Crippen molar-refractivity contribution in [2.75, 3.05) is 13.2 Å². The number of aromatic nitrogens is 1. The maximum Gasteiger partial charge on any atom is 0.333 e. The van der Waals surface area contributed by atoms with Crippen LogP contribution in [0.1, 0.15) is 31.5 Å². The summed E-state index contributed by atoms with van der Waals surface area (Å²) in [5.41, 5.74) is 6.07. The van der Waals surface area contributed by atoms with Gasteiger partial charge in [-0.1, -0.05) is 49.4 Å². The second-order valence-corrected chi connectivity index (χ2v) is 8.00. The third kappa shape index (κ3) is 7.42. The molecule has 0 amide bonds. The molecule has 1 heterocycles. The number of hydrogen-bond donors (Lipinski definition) is 2. The Morgan fingerprint density at radius 2 is 2.00 bits per heavy atom. The van der Waals surface area contributed by atoms with Crippen molar-refractivity contribution >= 4 is 23.0 Å². The molecule has 0 aliphatic carbocycles. The van der Waals surface area contributed by atoms with E-state index in [9.17, 15) is 9.90 Å². The van der Waals surface area contributed by atoms with Gasteiger partial charge in [0.1, 0.15) is 28.4 Å². The Morgan fingerprint density at radius 3 is 2.73 bits per heavy atom. The fourth-order valence-electron chi connectivity index (χ4n) is 2.98. The molecule has 2 aromatic carbocycles. The number of nitrogens with zero attached hydrogens (tertiary/aromatic N) is 1. The smallest absolute Gasteiger partial charge is 0.333 e. The van der Waals surface area contributed by atoms with E-state index < -0.39 is 12.1 Å². The monoisotopic (exact) mass is 468 g/mol. The van der Waals surface area contributed by atoms with Gasteiger partial charge in [-0.3, -0.25) is 10.3 Å². The number of carboxylic acids is 1. The molecule has 3 rings (SSSR count). The van der Waals surface area contributed by atoms with Crippen molar-refractivity contribution in [1.29, 1.82) is 0 Å². The number of nitrogens with one attached hydrogen (secondary N) is 1. The van der Waals surface area contributed by atoms with Gasteiger partial charge in [-0.2, -0.15) is 0 Å². The number of rotatable bonds is 13. The maximum atomic E-state index is 11.4. The first-order valence-electron chi connectivity index (χ1n) is 10.8. The Balaban J connectivity index is 1.77. The minimum atomic E-state index is -0.986. The SMILES string of the molecule is CCCONC(=COc1cccc(CC(OCC)C(=O)O)c1)c1csc(-c2ccccc2)n1. The van der Waals surface area contributed by atoms with Gasteiger partial charge in [-0.15, -0.1) is 11.3 Å². The number of thiazole rings is 1. The van der Waals surface area contributed by atoms with Crippen molar-refractivity contribution in [3.63, 3.8) is 0 Å². The highest BCUT2D eigenvalue weighted by Crippen LogP contribution is 2.26. The Labute approximate surface area is 197 Å². The van der Waals surface area contributed by atoms with Crippen LogP contribution in [0, 0.1) is 0 Å². The molecule has 2 N–H and O–H groups in total. The molecule has 3 aromatic rings. The van der Waals surface area contributed by atoms with Crippen molar-refractivity contribution in [2.24, 2.45) is 0 Å². The Hall–Kier alpha value is -3.20. The van der Waals surface area contributed by atoms with E-state index in [1.165, 1.54) is 11.3 Å². The third-order valence-corrected chi connectivity index (χ3v) is 5.46. The summed E-state index contributed by atoms with van der Waals surface area (Å²) in [6, 6.07) is 17.2. The fraction of sp³-hybridized carbons (Fsp3) is 0.280. The van der Waals surface area contributed by atoms with E-state index in [1.807, 2.05) is 54.8 Å². The summed E-state index contributed by atoms with van der Waals surface area (Å²) in [4.78, 5) is 21.6. The highest BCUT2D eigenvalue weighted by atomic mass is 32.1. The van der Waals surface area contributed by atoms with Gasteiger partial charge in [0, 0.05) is 24.0 Å². The molecular formula is C25H28N2O5S. The number of carbonyl (C=O) groups is 1. The summed E-state index contributed by atoms with van der Waals surface area (Å²) in [5.74, 6) is -0.415. The largest absolute Gasteiger partial charge is 0.479 e. The summed E-state index contributed by atoms with van der Waals surface area (Å²) in [6.45, 7) is 4.67. The van der Waals surface area contributed by atoms with E-state index in [4.69, 9.17) is 19.3 Å². The van der Waals surface area contributed by atoms with Crippen LogP contribution in [-0.4, -0.2) is 35.4 Å². The van der Waals surface area contributed by atoms with E-state index >= 15 is 0 Å². The average Bonchev–Trinajstić information content (AvgIpc) is 3.32. The highest BCUT2D eigenvalue weighted by Gasteiger charge is 2.18. The molecule has 0 saturated heterocycles. The molecule has 1 atom stereocenters. The number of aliphatic carboxylic acids is 1. The predicted octanol–water partition coefficient (Wildman–Crippen LogP) is 5.15. The lowest BCUT2D eigenvalue weighted by atomic mass is 10.1. The van der Waals surface area contributed by atoms with Crippen molar-refractivity contribution < 1.29 is 24.2 Å². The summed E-state index contributed by atoms with van der Waals surface area (Å²) < 4.78 is 11.2. The average molecular weight is 469 g/mol. The van der Waals surface area contributed by atoms with Gasteiger partial charge in [-0.25, -0.2) is 9.78 Å². The van der Waals surface area contributed by atoms with Crippen LogP contribution in [0.3, 0.4) is 0 Å². The molecule has 0 aliphatic heterocycles. The number of hydrogen-bond acceptors (Lipinski definition) is 7. The van der Waals surface area contributed by atoms with Crippen LogP contribution >= 0.6 is 11.3 Å². The second-order valence-electron chi connectivity index (χ2n) is 7.14. The fourth-order valence-corrected chi connectivity index (χ4v) is 3.81. The van der Waals surface area contributed by atoms with Gasteiger partial charge in [0.15, 0.2) is 6.10 Å². The number of carboxylic acid groups (broad SMARTS) is 1. The molecule has 0 spiro atoms. The van der Waals surface area contributed by atoms with E-state index in [1.54, 1.807) is 25.3 Å². The normalized spacial score (nSPS) is 12.4. The Bertz CT molecular complexity index is 1050. The van der Waals surface area contributed by atoms with Gasteiger partial charge < -0.3 is 14.6 Å². The predicted molar refractivity (Wildman–Crippen MR) is 129 cm³/mol. The second kappa shape index (κ2) is 12.7. The first-order valence-corrected chi connectivity index (χ1v) is 11.7. The van der Waals surface area contributed by atoms with Gasteiger partial charge >= 0.3 is 5.97 Å². The van der Waals surface area contributed by atoms with Gasteiger partial charge in [0.2, 0.25) is 0 Å². The molecule has 0 saturated carbocycles. The molecule has 7 nitrogen and oxygen atoms in total. The Morgan fingerprint density at radius 1 is 1.18 bits per heavy atom. The van der Waals surface area contributed by atoms with Crippen LogP contribution in [0.25, 0.3) is 16.3 Å². The lowest BCUT2D eigenvalue weighted by Gasteiger charge is -2.13. The minimum Gasteiger partial charge on any atom is -0.479 e. The summed E-state index contributed by atoms with van der Waals surface area (Å²) in [7, 11) is 0. The topological polar surface area (TPSA) is 89.9 Å². The number of hydroxylamine groups is 1. The quantitative estimate of drug-likeness (QED) is 0.204. The molecule has 0 bridgehead atoms. The van der Waals surface area contributed by atoms with E-state index in [0.717, 1.165) is 22.6 Å². The van der Waals surface area contributed by atoms with Crippen LogP contribution < -0.4 is 10.2 Å². The zero-order valence-corrected chi connectivity index (χ0v) is 19.5. The van der Waals surface area contributed by atoms with Gasteiger partial charge in [0.05, 0.1) is 6.61 Å². The highest BCUT2D eigenvalue weighted by molar-refractivity contribution is 7.13. The first-order chi connectivity index (χ1) is 16.1. The zero-order chi connectivity index (χ0) is 23.5. The minimum absolute atomic E-state index is 0.251. The lowest BCUT2D eigenvalue weighted by molar-refractivity contribution is -0.149. The van der Waals surface area contributed by atoms with Crippen LogP contribution in [0.4, 0.5) is 0 Å². The number of benzene rings is 2. The molecule has 0 radical (unpaired) electrons. The van der Waals surface area contributed by atoms with E-state index in [-0.39, 0.29) is 6.42 Å². The summed E-state index contributed by atoms with van der Waals surface area (Å²) >= 11 is 1.54. The van der Waals surface area contributed by atoms with Crippen LogP contribution in [0.5, 0.6) is 5.75 Å². The van der Waals surface area contributed by atoms with Crippen molar-refractivity contribution in [3.8, 4) is 16.3 Å². The van der Waals surface area contributed by atoms with Crippen molar-refractivity contribution in [1.82, 2.24) is 10.5 Å². The molecule has 1 aromatic heterocycles. The molecule has 8 heteroatoms. The van der Waals surface area contributed by atoms with Crippen molar-refractivity contribution in [3.05, 3.63) is 77.5 Å². The van der Waals surface area contributed by atoms with Gasteiger partial charge in [0.25, 0.3) is 0 Å². The van der Waals surface area contributed by atoms with Gasteiger partial charge in [-0.05, 0) is 31.0 Å². The first kappa shape index (κ1) is 24.4. The zero-order valence-electron chi connectivity index (χ0n) is 18.7. The molecule has 0 aliphatic rings. The Kier molecular flexibility index (Phi) is 9.44. The number of ether oxygens (including phenoxy) is 2. The summed E-state index contributed by atoms with van der Waals surface area (Å²) in [6.07, 6.45) is 1.77. The standard InChI is InChI=1S/C25H28N2O5S/c1-3-13-32-27-21(22-17-33-24(26-22)19-10-6-5-7-11-19)16-31-20-12-8-9-18(14-20)15-23(25(28)29)30-4-2/h5-12,14,16-17,23,27H,3-4,13,15H2,1-2H3,(H,28,29). The molecule has 174 valence electrons. The molecule has 1 unspecified atom stereocenters. The molecular weight excluding hydrogens is 440 g/mol. The van der Waals surface area contributed by atoms with E-state index in [2.05, 4.69) is 5.48 Å². The van der Waals surface area contributed by atoms with Crippen molar-refractivity contribution in [2.45, 2.75) is 32.8 Å². The third-order valence-electron chi connectivity index (χ3n) is 4.56. The van der Waals surface area contributed by atoms with Crippen LogP contribution in [0.15, 0.2) is 66.2 Å². The molecule has 33 heavy (non-hydrogen) atoms. The summed E-state index contributed by atoms with van der Waals surface area (Å²) in [5, 5.41) is 12.2. The van der Waals surface area contributed by atoms with E-state index in [0.29, 0.717) is 30.4 Å². The van der Waals surface area contributed by atoms with Crippen LogP contribution in [-0.2, 0) is 20.8 Å². The molecule has 0 fully saturated rings.